The predicted molar refractivity (Wildman–Crippen MR) is 102 cm³/mol. The Morgan fingerprint density at radius 3 is 2.46 bits per heavy atom. The number of hydrogen-bond acceptors (Lipinski definition) is 4. The molecule has 0 saturated carbocycles. The average Bonchev–Trinajstić information content (AvgIpc) is 2.70. The molecular weight excluding hydrogens is 328 g/mol. The molecule has 0 aliphatic rings. The molecule has 0 amide bonds. The number of guanidine groups is 1. The average molecular weight is 352 g/mol. The van der Waals surface area contributed by atoms with Crippen LogP contribution < -0.4 is 20.1 Å². The largest absolute Gasteiger partial charge is 0.497 e. The van der Waals surface area contributed by atoms with Crippen LogP contribution in [0.5, 0.6) is 11.5 Å². The molecule has 2 aromatic carbocycles. The van der Waals surface area contributed by atoms with Gasteiger partial charge in [-0.3, -0.25) is 4.99 Å². The number of nitrogens with one attached hydrogen (secondary N) is 2. The van der Waals surface area contributed by atoms with Gasteiger partial charge >= 0.3 is 0 Å². The molecule has 6 nitrogen and oxygen atoms in total. The Kier molecular flexibility index (Phi) is 6.86. The van der Waals surface area contributed by atoms with Crippen LogP contribution in [0.25, 0.3) is 0 Å². The summed E-state index contributed by atoms with van der Waals surface area (Å²) < 4.78 is 10.8. The van der Waals surface area contributed by atoms with E-state index in [0.717, 1.165) is 22.6 Å². The zero-order valence-corrected chi connectivity index (χ0v) is 15.5. The Hall–Kier alpha value is -3.20. The van der Waals surface area contributed by atoms with Crippen molar-refractivity contribution in [1.29, 1.82) is 5.26 Å². The number of nitrogens with zero attached hydrogens (tertiary/aromatic N) is 2. The molecule has 6 heteroatoms. The van der Waals surface area contributed by atoms with Gasteiger partial charge in [-0.15, -0.1) is 0 Å². The molecule has 0 spiro atoms. The van der Waals surface area contributed by atoms with Crippen molar-refractivity contribution in [2.24, 2.45) is 4.99 Å². The van der Waals surface area contributed by atoms with Gasteiger partial charge in [0.25, 0.3) is 0 Å². The van der Waals surface area contributed by atoms with Crippen molar-refractivity contribution in [1.82, 2.24) is 10.6 Å². The molecule has 0 heterocycles. The Labute approximate surface area is 154 Å². The van der Waals surface area contributed by atoms with Gasteiger partial charge in [-0.2, -0.15) is 5.26 Å². The molecule has 0 aromatic heterocycles. The maximum atomic E-state index is 8.86. The van der Waals surface area contributed by atoms with Gasteiger partial charge in [0.2, 0.25) is 0 Å². The second-order valence-electron chi connectivity index (χ2n) is 5.71. The van der Waals surface area contributed by atoms with E-state index in [-0.39, 0.29) is 6.04 Å². The fourth-order valence-electron chi connectivity index (χ4n) is 2.54. The Balaban J connectivity index is 2.04. The summed E-state index contributed by atoms with van der Waals surface area (Å²) in [7, 11) is 5.02. The van der Waals surface area contributed by atoms with Crippen LogP contribution in [0.1, 0.15) is 29.7 Å². The van der Waals surface area contributed by atoms with Crippen LogP contribution in [0.3, 0.4) is 0 Å². The van der Waals surface area contributed by atoms with Crippen molar-refractivity contribution in [3.63, 3.8) is 0 Å². The second kappa shape index (κ2) is 9.33. The van der Waals surface area contributed by atoms with Gasteiger partial charge in [-0.05, 0) is 42.8 Å². The second-order valence-corrected chi connectivity index (χ2v) is 5.71. The van der Waals surface area contributed by atoms with E-state index < -0.39 is 0 Å². The molecule has 0 bridgehead atoms. The third-order valence-electron chi connectivity index (χ3n) is 4.02. The predicted octanol–water partition coefficient (Wildman–Crippen LogP) is 3.00. The zero-order valence-electron chi connectivity index (χ0n) is 15.5. The summed E-state index contributed by atoms with van der Waals surface area (Å²) >= 11 is 0. The molecule has 2 aromatic rings. The minimum Gasteiger partial charge on any atom is -0.497 e. The zero-order chi connectivity index (χ0) is 18.9. The summed E-state index contributed by atoms with van der Waals surface area (Å²) in [5.74, 6) is 2.23. The molecule has 136 valence electrons. The number of rotatable bonds is 6. The summed E-state index contributed by atoms with van der Waals surface area (Å²) in [4.78, 5) is 4.27. The van der Waals surface area contributed by atoms with Gasteiger partial charge in [0.15, 0.2) is 5.96 Å². The Morgan fingerprint density at radius 2 is 1.88 bits per heavy atom. The van der Waals surface area contributed by atoms with Crippen molar-refractivity contribution in [2.75, 3.05) is 21.3 Å². The van der Waals surface area contributed by atoms with E-state index in [2.05, 4.69) is 21.7 Å². The lowest BCUT2D eigenvalue weighted by atomic mass is 10.1. The molecule has 2 rings (SSSR count). The van der Waals surface area contributed by atoms with E-state index in [4.69, 9.17) is 14.7 Å². The number of ether oxygens (including phenoxy) is 2. The van der Waals surface area contributed by atoms with E-state index in [0.29, 0.717) is 18.1 Å². The highest BCUT2D eigenvalue weighted by molar-refractivity contribution is 5.80. The SMILES string of the molecule is CN=C(NCc1ccc(C#N)cc1)NC(C)c1cc(OC)ccc1OC. The molecule has 26 heavy (non-hydrogen) atoms. The summed E-state index contributed by atoms with van der Waals surface area (Å²) in [5.41, 5.74) is 2.70. The van der Waals surface area contributed by atoms with Gasteiger partial charge in [0, 0.05) is 19.2 Å². The van der Waals surface area contributed by atoms with Crippen LogP contribution >= 0.6 is 0 Å². The topological polar surface area (TPSA) is 78.7 Å². The first kappa shape index (κ1) is 19.1. The Bertz CT molecular complexity index is 794. The van der Waals surface area contributed by atoms with Crippen molar-refractivity contribution >= 4 is 5.96 Å². The fourth-order valence-corrected chi connectivity index (χ4v) is 2.54. The van der Waals surface area contributed by atoms with Gasteiger partial charge in [0.05, 0.1) is 31.9 Å². The van der Waals surface area contributed by atoms with E-state index in [9.17, 15) is 0 Å². The first-order valence-electron chi connectivity index (χ1n) is 8.29. The number of methoxy groups -OCH3 is 2. The third-order valence-corrected chi connectivity index (χ3v) is 4.02. The molecule has 1 atom stereocenters. The van der Waals surface area contributed by atoms with Crippen LogP contribution in [0.15, 0.2) is 47.5 Å². The molecular formula is C20H24N4O2. The highest BCUT2D eigenvalue weighted by Crippen LogP contribution is 2.29. The number of nitriles is 1. The maximum absolute atomic E-state index is 8.86. The van der Waals surface area contributed by atoms with Crippen molar-refractivity contribution in [3.8, 4) is 17.6 Å². The van der Waals surface area contributed by atoms with Crippen molar-refractivity contribution < 1.29 is 9.47 Å². The van der Waals surface area contributed by atoms with E-state index >= 15 is 0 Å². The van der Waals surface area contributed by atoms with Gasteiger partial charge < -0.3 is 20.1 Å². The van der Waals surface area contributed by atoms with Crippen LogP contribution in [0.4, 0.5) is 0 Å². The highest BCUT2D eigenvalue weighted by atomic mass is 16.5. The van der Waals surface area contributed by atoms with Gasteiger partial charge in [-0.25, -0.2) is 0 Å². The minimum absolute atomic E-state index is 0.0350. The van der Waals surface area contributed by atoms with Gasteiger partial charge in [-0.1, -0.05) is 12.1 Å². The summed E-state index contributed by atoms with van der Waals surface area (Å²) in [6.07, 6.45) is 0. The molecule has 0 fully saturated rings. The monoisotopic (exact) mass is 352 g/mol. The number of benzene rings is 2. The normalized spacial score (nSPS) is 12.0. The van der Waals surface area contributed by atoms with Crippen LogP contribution in [0.2, 0.25) is 0 Å². The molecule has 0 aliphatic carbocycles. The van der Waals surface area contributed by atoms with Crippen LogP contribution in [-0.4, -0.2) is 27.2 Å². The Morgan fingerprint density at radius 1 is 1.15 bits per heavy atom. The maximum Gasteiger partial charge on any atom is 0.191 e. The fraction of sp³-hybridized carbons (Fsp3) is 0.300. The molecule has 0 saturated heterocycles. The molecule has 0 radical (unpaired) electrons. The summed E-state index contributed by atoms with van der Waals surface area (Å²) in [5, 5.41) is 15.5. The van der Waals surface area contributed by atoms with E-state index in [1.165, 1.54) is 0 Å². The van der Waals surface area contributed by atoms with Crippen LogP contribution in [0, 0.1) is 11.3 Å². The lowest BCUT2D eigenvalue weighted by Crippen LogP contribution is -2.38. The van der Waals surface area contributed by atoms with E-state index in [1.54, 1.807) is 33.4 Å². The first-order chi connectivity index (χ1) is 12.6. The number of hydrogen-bond donors (Lipinski definition) is 2. The minimum atomic E-state index is -0.0350. The molecule has 0 aliphatic heterocycles. The third kappa shape index (κ3) is 4.90. The molecule has 1 unspecified atom stereocenters. The highest BCUT2D eigenvalue weighted by Gasteiger charge is 2.14. The van der Waals surface area contributed by atoms with E-state index in [1.807, 2.05) is 37.3 Å². The first-order valence-corrected chi connectivity index (χ1v) is 8.29. The number of aliphatic imine (C=N–C) groups is 1. The summed E-state index contributed by atoms with van der Waals surface area (Å²) in [6.45, 7) is 2.64. The smallest absolute Gasteiger partial charge is 0.191 e. The lowest BCUT2D eigenvalue weighted by Gasteiger charge is -2.21. The van der Waals surface area contributed by atoms with Crippen LogP contribution in [-0.2, 0) is 6.54 Å². The van der Waals surface area contributed by atoms with Crippen molar-refractivity contribution in [3.05, 3.63) is 59.2 Å². The summed E-state index contributed by atoms with van der Waals surface area (Å²) in [6, 6.07) is 15.2. The standard InChI is InChI=1S/C20H24N4O2/c1-14(18-11-17(25-3)9-10-19(18)26-4)24-20(22-2)23-13-16-7-5-15(12-21)6-8-16/h5-11,14H,13H2,1-4H3,(H2,22,23,24). The van der Waals surface area contributed by atoms with Gasteiger partial charge in [0.1, 0.15) is 11.5 Å². The van der Waals surface area contributed by atoms with Crippen molar-refractivity contribution in [2.45, 2.75) is 19.5 Å². The lowest BCUT2D eigenvalue weighted by molar-refractivity contribution is 0.394. The molecule has 2 N–H and O–H groups in total. The quantitative estimate of drug-likeness (QED) is 0.617.